The Hall–Kier alpha value is -0.930. The highest BCUT2D eigenvalue weighted by molar-refractivity contribution is 9.10. The molecule has 2 unspecified atom stereocenters. The van der Waals surface area contributed by atoms with Crippen molar-refractivity contribution in [3.05, 3.63) is 40.1 Å². The molecule has 0 amide bonds. The molecular weight excluding hydrogens is 302 g/mol. The molecule has 2 aromatic rings. The first kappa shape index (κ1) is 11.9. The first-order valence-corrected chi connectivity index (χ1v) is 7.61. The van der Waals surface area contributed by atoms with E-state index in [0.717, 1.165) is 13.2 Å². The predicted molar refractivity (Wildman–Crippen MR) is 79.4 cm³/mol. The number of halogens is 1. The number of nitrogens with zero attached hydrogens (tertiary/aromatic N) is 1. The second kappa shape index (κ2) is 4.03. The van der Waals surface area contributed by atoms with Gasteiger partial charge in [-0.25, -0.2) is 0 Å². The van der Waals surface area contributed by atoms with Crippen molar-refractivity contribution >= 4 is 26.7 Å². The van der Waals surface area contributed by atoms with Gasteiger partial charge in [0.25, 0.3) is 0 Å². The van der Waals surface area contributed by atoms with Crippen molar-refractivity contribution in [2.75, 3.05) is 13.2 Å². The topological polar surface area (TPSA) is 22.1 Å². The first-order valence-electron chi connectivity index (χ1n) is 6.82. The van der Waals surface area contributed by atoms with Crippen molar-refractivity contribution < 1.29 is 4.74 Å². The Labute approximate surface area is 121 Å². The van der Waals surface area contributed by atoms with Crippen LogP contribution in [0.25, 0.3) is 10.8 Å². The molecule has 4 rings (SSSR count). The van der Waals surface area contributed by atoms with Crippen LogP contribution >= 0.6 is 15.9 Å². The van der Waals surface area contributed by atoms with E-state index >= 15 is 0 Å². The minimum atomic E-state index is 0.419. The van der Waals surface area contributed by atoms with E-state index in [-0.39, 0.29) is 0 Å². The molecular formula is C16H16BrNO. The van der Waals surface area contributed by atoms with Gasteiger partial charge in [-0.2, -0.15) is 0 Å². The third-order valence-corrected chi connectivity index (χ3v) is 5.56. The number of fused-ring (bicyclic) bond motifs is 1. The second-order valence-corrected chi connectivity index (χ2v) is 6.83. The minimum absolute atomic E-state index is 0.419. The van der Waals surface area contributed by atoms with Gasteiger partial charge in [0, 0.05) is 39.7 Å². The molecule has 1 saturated carbocycles. The van der Waals surface area contributed by atoms with E-state index in [0.29, 0.717) is 11.3 Å². The summed E-state index contributed by atoms with van der Waals surface area (Å²) in [6.07, 6.45) is 4.47. The van der Waals surface area contributed by atoms with Gasteiger partial charge >= 0.3 is 0 Å². The van der Waals surface area contributed by atoms with Crippen molar-refractivity contribution in [2.24, 2.45) is 5.41 Å². The fourth-order valence-corrected chi connectivity index (χ4v) is 3.67. The summed E-state index contributed by atoms with van der Waals surface area (Å²) in [6.45, 7) is 3.97. The average Bonchev–Trinajstić information content (AvgIpc) is 2.88. The molecule has 1 aromatic carbocycles. The van der Waals surface area contributed by atoms with Gasteiger partial charge in [-0.1, -0.05) is 15.9 Å². The fraction of sp³-hybridized carbons (Fsp3) is 0.438. The molecule has 1 spiro atoms. The number of rotatable bonds is 1. The standard InChI is InChI=1S/C16H16BrNO/c1-10-4-12-8-18-15(6-11(12)5-14(10)17)13-7-16(13)2-3-19-9-16/h4-6,8,13H,2-3,7,9H2,1H3. The quantitative estimate of drug-likeness (QED) is 0.786. The van der Waals surface area contributed by atoms with Crippen molar-refractivity contribution in [1.82, 2.24) is 4.98 Å². The number of aryl methyl sites for hydroxylation is 1. The summed E-state index contributed by atoms with van der Waals surface area (Å²) in [5.41, 5.74) is 2.92. The van der Waals surface area contributed by atoms with Crippen molar-refractivity contribution in [3.63, 3.8) is 0 Å². The zero-order valence-corrected chi connectivity index (χ0v) is 12.5. The molecule has 0 N–H and O–H groups in total. The van der Waals surface area contributed by atoms with Gasteiger partial charge in [-0.15, -0.1) is 0 Å². The van der Waals surface area contributed by atoms with Gasteiger partial charge in [0.05, 0.1) is 6.61 Å². The van der Waals surface area contributed by atoms with Gasteiger partial charge in [0.1, 0.15) is 0 Å². The number of ether oxygens (including phenoxy) is 1. The molecule has 1 aliphatic heterocycles. The summed E-state index contributed by atoms with van der Waals surface area (Å²) < 4.78 is 6.73. The lowest BCUT2D eigenvalue weighted by Gasteiger charge is -2.08. The molecule has 0 radical (unpaired) electrons. The van der Waals surface area contributed by atoms with Crippen molar-refractivity contribution in [3.8, 4) is 0 Å². The molecule has 0 bridgehead atoms. The smallest absolute Gasteiger partial charge is 0.0529 e. The van der Waals surface area contributed by atoms with Gasteiger partial charge in [0.15, 0.2) is 0 Å². The predicted octanol–water partition coefficient (Wildman–Crippen LogP) is 4.20. The van der Waals surface area contributed by atoms with Gasteiger partial charge in [0.2, 0.25) is 0 Å². The Morgan fingerprint density at radius 3 is 3.00 bits per heavy atom. The van der Waals surface area contributed by atoms with Crippen molar-refractivity contribution in [1.29, 1.82) is 0 Å². The average molecular weight is 318 g/mol. The molecule has 1 aliphatic carbocycles. The second-order valence-electron chi connectivity index (χ2n) is 5.98. The summed E-state index contributed by atoms with van der Waals surface area (Å²) in [7, 11) is 0. The summed E-state index contributed by atoms with van der Waals surface area (Å²) in [6, 6.07) is 6.66. The van der Waals surface area contributed by atoms with E-state index in [1.165, 1.54) is 39.3 Å². The monoisotopic (exact) mass is 317 g/mol. The maximum Gasteiger partial charge on any atom is 0.0529 e. The lowest BCUT2D eigenvalue weighted by molar-refractivity contribution is 0.181. The van der Waals surface area contributed by atoms with Crippen LogP contribution in [0.5, 0.6) is 0 Å². The summed E-state index contributed by atoms with van der Waals surface area (Å²) in [5, 5.41) is 2.50. The zero-order chi connectivity index (χ0) is 13.0. The molecule has 98 valence electrons. The molecule has 2 aliphatic rings. The third kappa shape index (κ3) is 1.83. The van der Waals surface area contributed by atoms with Gasteiger partial charge in [-0.05, 0) is 48.9 Å². The van der Waals surface area contributed by atoms with Crippen LogP contribution in [0.1, 0.15) is 30.0 Å². The Bertz CT molecular complexity index is 661. The van der Waals surface area contributed by atoms with Crippen LogP contribution in [0, 0.1) is 12.3 Å². The molecule has 1 aromatic heterocycles. The SMILES string of the molecule is Cc1cc2cnc(C3CC34CCOC4)cc2cc1Br. The molecule has 3 heteroatoms. The number of hydrogen-bond acceptors (Lipinski definition) is 2. The molecule has 2 heterocycles. The van der Waals surface area contributed by atoms with Crippen LogP contribution in [0.3, 0.4) is 0 Å². The highest BCUT2D eigenvalue weighted by Crippen LogP contribution is 2.63. The highest BCUT2D eigenvalue weighted by atomic mass is 79.9. The third-order valence-electron chi connectivity index (χ3n) is 4.70. The lowest BCUT2D eigenvalue weighted by Crippen LogP contribution is -2.03. The van der Waals surface area contributed by atoms with E-state index in [4.69, 9.17) is 4.74 Å². The van der Waals surface area contributed by atoms with Gasteiger partial charge < -0.3 is 4.74 Å². The van der Waals surface area contributed by atoms with Crippen LogP contribution in [-0.4, -0.2) is 18.2 Å². The first-order chi connectivity index (χ1) is 9.18. The van der Waals surface area contributed by atoms with E-state index in [1.807, 2.05) is 6.20 Å². The molecule has 2 fully saturated rings. The fourth-order valence-electron chi connectivity index (χ4n) is 3.31. The molecule has 2 nitrogen and oxygen atoms in total. The van der Waals surface area contributed by atoms with Crippen LogP contribution < -0.4 is 0 Å². The molecule has 2 atom stereocenters. The van der Waals surface area contributed by atoms with Crippen molar-refractivity contribution in [2.45, 2.75) is 25.7 Å². The maximum atomic E-state index is 5.56. The number of benzene rings is 1. The molecule has 19 heavy (non-hydrogen) atoms. The Kier molecular flexibility index (Phi) is 2.52. The van der Waals surface area contributed by atoms with E-state index in [2.05, 4.69) is 46.0 Å². The minimum Gasteiger partial charge on any atom is -0.381 e. The van der Waals surface area contributed by atoms with E-state index in [9.17, 15) is 0 Å². The maximum absolute atomic E-state index is 5.56. The Morgan fingerprint density at radius 1 is 1.32 bits per heavy atom. The van der Waals surface area contributed by atoms with Crippen LogP contribution in [0.15, 0.2) is 28.9 Å². The Balaban J connectivity index is 1.74. The highest BCUT2D eigenvalue weighted by Gasteiger charge is 2.57. The van der Waals surface area contributed by atoms with E-state index < -0.39 is 0 Å². The summed E-state index contributed by atoms with van der Waals surface area (Å²) in [5.74, 6) is 0.611. The van der Waals surface area contributed by atoms with Crippen LogP contribution in [0.4, 0.5) is 0 Å². The lowest BCUT2D eigenvalue weighted by atomic mass is 10.00. The molecule has 1 saturated heterocycles. The number of hydrogen-bond donors (Lipinski definition) is 0. The van der Waals surface area contributed by atoms with Crippen LogP contribution in [0.2, 0.25) is 0 Å². The summed E-state index contributed by atoms with van der Waals surface area (Å²) in [4.78, 5) is 4.69. The normalized spacial score (nSPS) is 29.3. The van der Waals surface area contributed by atoms with Crippen LogP contribution in [-0.2, 0) is 4.74 Å². The number of aromatic nitrogens is 1. The van der Waals surface area contributed by atoms with Gasteiger partial charge in [-0.3, -0.25) is 4.98 Å². The summed E-state index contributed by atoms with van der Waals surface area (Å²) >= 11 is 3.61. The van der Waals surface area contributed by atoms with E-state index in [1.54, 1.807) is 0 Å². The largest absolute Gasteiger partial charge is 0.381 e. The Morgan fingerprint density at radius 2 is 2.21 bits per heavy atom. The number of pyridine rings is 1. The zero-order valence-electron chi connectivity index (χ0n) is 10.9.